The third kappa shape index (κ3) is 8.37. The summed E-state index contributed by atoms with van der Waals surface area (Å²) in [6.45, 7) is 4.78. The minimum atomic E-state index is -4.18. The number of nitrogens with zero attached hydrogens (tertiary/aromatic N) is 2. The standard InChI is InChI=1S/C33H34ClN3O5S/c1-24(2)35-33(39)25(3)36(22-26-11-10-12-27(34)21-26)32(38)23-37(43(40,41)31-15-8-5-9-16-31)28-17-19-30(20-18-28)42-29-13-6-4-7-14-29/h4-21,24-25H,22-23H2,1-3H3,(H,35,39). The van der Waals surface area contributed by atoms with Gasteiger partial charge in [-0.25, -0.2) is 8.42 Å². The monoisotopic (exact) mass is 619 g/mol. The summed E-state index contributed by atoms with van der Waals surface area (Å²) in [5.41, 5.74) is 0.963. The lowest BCUT2D eigenvalue weighted by Gasteiger charge is -2.32. The molecule has 0 aliphatic carbocycles. The molecule has 0 spiro atoms. The van der Waals surface area contributed by atoms with Crippen molar-refractivity contribution in [1.82, 2.24) is 10.2 Å². The van der Waals surface area contributed by atoms with Crippen LogP contribution in [0.4, 0.5) is 5.69 Å². The van der Waals surface area contributed by atoms with Crippen LogP contribution in [0.1, 0.15) is 26.3 Å². The Labute approximate surface area is 257 Å². The largest absolute Gasteiger partial charge is 0.457 e. The average molecular weight is 620 g/mol. The van der Waals surface area contributed by atoms with E-state index in [-0.39, 0.29) is 29.1 Å². The normalized spacial score (nSPS) is 11.9. The Bertz CT molecular complexity index is 1630. The van der Waals surface area contributed by atoms with Crippen molar-refractivity contribution in [2.24, 2.45) is 0 Å². The number of carbonyl (C=O) groups excluding carboxylic acids is 2. The van der Waals surface area contributed by atoms with Gasteiger partial charge in [0, 0.05) is 17.6 Å². The van der Waals surface area contributed by atoms with Crippen LogP contribution in [0.2, 0.25) is 5.02 Å². The zero-order chi connectivity index (χ0) is 31.0. The van der Waals surface area contributed by atoms with Crippen LogP contribution in [0.3, 0.4) is 0 Å². The van der Waals surface area contributed by atoms with Gasteiger partial charge in [0.2, 0.25) is 11.8 Å². The SMILES string of the molecule is CC(C)NC(=O)C(C)N(Cc1cccc(Cl)c1)C(=O)CN(c1ccc(Oc2ccccc2)cc1)S(=O)(=O)c1ccccc1. The molecule has 0 saturated carbocycles. The van der Waals surface area contributed by atoms with Crippen molar-refractivity contribution in [3.63, 3.8) is 0 Å². The van der Waals surface area contributed by atoms with Gasteiger partial charge in [-0.15, -0.1) is 0 Å². The highest BCUT2D eigenvalue weighted by Gasteiger charge is 2.32. The maximum absolute atomic E-state index is 14.0. The van der Waals surface area contributed by atoms with E-state index in [2.05, 4.69) is 5.32 Å². The molecule has 0 fully saturated rings. The number of nitrogens with one attached hydrogen (secondary N) is 1. The molecule has 43 heavy (non-hydrogen) atoms. The van der Waals surface area contributed by atoms with Crippen molar-refractivity contribution in [2.45, 2.75) is 44.3 Å². The number of benzene rings is 4. The summed E-state index contributed by atoms with van der Waals surface area (Å²) in [4.78, 5) is 28.4. The van der Waals surface area contributed by atoms with Gasteiger partial charge in [0.25, 0.3) is 10.0 Å². The zero-order valence-corrected chi connectivity index (χ0v) is 25.8. The maximum atomic E-state index is 14.0. The summed E-state index contributed by atoms with van der Waals surface area (Å²) in [7, 11) is -4.18. The third-order valence-electron chi connectivity index (χ3n) is 6.55. The molecule has 4 aromatic carbocycles. The van der Waals surface area contributed by atoms with E-state index < -0.39 is 28.5 Å². The molecule has 2 amide bonds. The topological polar surface area (TPSA) is 96.0 Å². The summed E-state index contributed by atoms with van der Waals surface area (Å²) in [6, 6.07) is 29.5. The van der Waals surface area contributed by atoms with E-state index in [9.17, 15) is 18.0 Å². The summed E-state index contributed by atoms with van der Waals surface area (Å²) < 4.78 is 34.8. The Hall–Kier alpha value is -4.34. The predicted octanol–water partition coefficient (Wildman–Crippen LogP) is 6.27. The molecular formula is C33H34ClN3O5S. The molecule has 0 aliphatic rings. The van der Waals surface area contributed by atoms with Crippen LogP contribution in [0.15, 0.2) is 114 Å². The number of amides is 2. The zero-order valence-electron chi connectivity index (χ0n) is 24.2. The van der Waals surface area contributed by atoms with E-state index in [1.807, 2.05) is 44.2 Å². The molecule has 10 heteroatoms. The fraction of sp³-hybridized carbons (Fsp3) is 0.212. The Morgan fingerprint density at radius 3 is 2.02 bits per heavy atom. The van der Waals surface area contributed by atoms with Crippen molar-refractivity contribution >= 4 is 39.1 Å². The van der Waals surface area contributed by atoms with Crippen molar-refractivity contribution < 1.29 is 22.7 Å². The molecule has 8 nitrogen and oxygen atoms in total. The first-order valence-corrected chi connectivity index (χ1v) is 15.6. The molecule has 0 heterocycles. The quantitative estimate of drug-likeness (QED) is 0.202. The van der Waals surface area contributed by atoms with Gasteiger partial charge in [0.15, 0.2) is 0 Å². The van der Waals surface area contributed by atoms with E-state index in [1.165, 1.54) is 17.0 Å². The van der Waals surface area contributed by atoms with Crippen LogP contribution in [0.25, 0.3) is 0 Å². The number of rotatable bonds is 12. The Kier molecular flexibility index (Phi) is 10.4. The average Bonchev–Trinajstić information content (AvgIpc) is 2.99. The van der Waals surface area contributed by atoms with Crippen molar-refractivity contribution in [2.75, 3.05) is 10.8 Å². The smallest absolute Gasteiger partial charge is 0.264 e. The first kappa shape index (κ1) is 31.6. The van der Waals surface area contributed by atoms with Crippen LogP contribution in [-0.4, -0.2) is 43.8 Å². The van der Waals surface area contributed by atoms with Gasteiger partial charge in [-0.05, 0) is 87.0 Å². The molecule has 224 valence electrons. The van der Waals surface area contributed by atoms with E-state index in [4.69, 9.17) is 16.3 Å². The van der Waals surface area contributed by atoms with Crippen LogP contribution in [-0.2, 0) is 26.2 Å². The minimum Gasteiger partial charge on any atom is -0.457 e. The van der Waals surface area contributed by atoms with Crippen molar-refractivity contribution in [3.05, 3.63) is 120 Å². The van der Waals surface area contributed by atoms with Crippen molar-refractivity contribution in [3.8, 4) is 11.5 Å². The summed E-state index contributed by atoms with van der Waals surface area (Å²) >= 11 is 6.19. The van der Waals surface area contributed by atoms with Gasteiger partial charge in [0.05, 0.1) is 10.6 Å². The van der Waals surface area contributed by atoms with Gasteiger partial charge in [-0.1, -0.05) is 60.1 Å². The van der Waals surface area contributed by atoms with Gasteiger partial charge in [0.1, 0.15) is 24.1 Å². The number of anilines is 1. The number of ether oxygens (including phenoxy) is 1. The molecule has 0 radical (unpaired) electrons. The van der Waals surface area contributed by atoms with Crippen LogP contribution in [0, 0.1) is 0 Å². The predicted molar refractivity (Wildman–Crippen MR) is 169 cm³/mol. The summed E-state index contributed by atoms with van der Waals surface area (Å²) in [5, 5.41) is 3.32. The van der Waals surface area contributed by atoms with Crippen LogP contribution >= 0.6 is 11.6 Å². The number of halogens is 1. The molecule has 0 bridgehead atoms. The second kappa shape index (κ2) is 14.2. The van der Waals surface area contributed by atoms with Crippen LogP contribution < -0.4 is 14.4 Å². The lowest BCUT2D eigenvalue weighted by Crippen LogP contribution is -2.52. The van der Waals surface area contributed by atoms with Gasteiger partial charge in [-0.3, -0.25) is 13.9 Å². The first-order chi connectivity index (χ1) is 20.5. The summed E-state index contributed by atoms with van der Waals surface area (Å²) in [5.74, 6) is 0.213. The van der Waals surface area contributed by atoms with Gasteiger partial charge in [-0.2, -0.15) is 0 Å². The van der Waals surface area contributed by atoms with E-state index >= 15 is 0 Å². The number of hydrogen-bond acceptors (Lipinski definition) is 5. The highest BCUT2D eigenvalue weighted by molar-refractivity contribution is 7.92. The lowest BCUT2D eigenvalue weighted by atomic mass is 10.1. The highest BCUT2D eigenvalue weighted by atomic mass is 35.5. The van der Waals surface area contributed by atoms with E-state index in [0.717, 1.165) is 4.31 Å². The fourth-order valence-corrected chi connectivity index (χ4v) is 6.02. The van der Waals surface area contributed by atoms with Gasteiger partial charge < -0.3 is 15.0 Å². The van der Waals surface area contributed by atoms with Crippen LogP contribution in [0.5, 0.6) is 11.5 Å². The second-order valence-corrected chi connectivity index (χ2v) is 12.5. The van der Waals surface area contributed by atoms with Crippen molar-refractivity contribution in [1.29, 1.82) is 0 Å². The number of hydrogen-bond donors (Lipinski definition) is 1. The Balaban J connectivity index is 1.69. The molecular weight excluding hydrogens is 586 g/mol. The second-order valence-electron chi connectivity index (χ2n) is 10.2. The Morgan fingerprint density at radius 1 is 0.814 bits per heavy atom. The molecule has 0 aliphatic heterocycles. The van der Waals surface area contributed by atoms with E-state index in [1.54, 1.807) is 73.7 Å². The Morgan fingerprint density at radius 2 is 1.42 bits per heavy atom. The molecule has 4 rings (SSSR count). The first-order valence-electron chi connectivity index (χ1n) is 13.8. The van der Waals surface area contributed by atoms with Gasteiger partial charge >= 0.3 is 0 Å². The molecule has 0 saturated heterocycles. The fourth-order valence-electron chi connectivity index (χ4n) is 4.37. The molecule has 0 aromatic heterocycles. The number of carbonyl (C=O) groups is 2. The molecule has 1 atom stereocenters. The lowest BCUT2D eigenvalue weighted by molar-refractivity contribution is -0.139. The third-order valence-corrected chi connectivity index (χ3v) is 8.58. The minimum absolute atomic E-state index is 0.0272. The van der Waals surface area contributed by atoms with E-state index in [0.29, 0.717) is 22.1 Å². The molecule has 4 aromatic rings. The maximum Gasteiger partial charge on any atom is 0.264 e. The number of para-hydroxylation sites is 1. The molecule has 1 N–H and O–H groups in total. The number of sulfonamides is 1. The highest BCUT2D eigenvalue weighted by Crippen LogP contribution is 2.28. The molecule has 1 unspecified atom stereocenters. The summed E-state index contributed by atoms with van der Waals surface area (Å²) in [6.07, 6.45) is 0.